The quantitative estimate of drug-likeness (QED) is 0.260. The van der Waals surface area contributed by atoms with Crippen LogP contribution in [-0.2, 0) is 59.9 Å². The molecule has 42 heavy (non-hydrogen) atoms. The van der Waals surface area contributed by atoms with E-state index in [-0.39, 0.29) is 5.56 Å². The van der Waals surface area contributed by atoms with Crippen molar-refractivity contribution in [1.82, 2.24) is 0 Å². The smallest absolute Gasteiger partial charge is 0.308 e. The van der Waals surface area contributed by atoms with E-state index in [9.17, 15) is 29.1 Å². The highest BCUT2D eigenvalue weighted by molar-refractivity contribution is 5.69. The molecule has 1 aliphatic rings. The second-order valence-electron chi connectivity index (χ2n) is 9.89. The molecule has 1 aliphatic heterocycles. The van der Waals surface area contributed by atoms with Crippen LogP contribution >= 0.6 is 0 Å². The van der Waals surface area contributed by atoms with Crippen molar-refractivity contribution in [1.29, 1.82) is 0 Å². The van der Waals surface area contributed by atoms with E-state index in [0.717, 1.165) is 44.4 Å². The zero-order chi connectivity index (χ0) is 31.2. The highest BCUT2D eigenvalue weighted by Crippen LogP contribution is 2.41. The molecule has 1 N–H and O–H groups in total. The number of benzene rings is 2. The van der Waals surface area contributed by atoms with Gasteiger partial charge in [0.2, 0.25) is 11.9 Å². The molecule has 5 atom stereocenters. The maximum Gasteiger partial charge on any atom is 0.308 e. The van der Waals surface area contributed by atoms with Crippen LogP contribution in [0.2, 0.25) is 0 Å². The van der Waals surface area contributed by atoms with Gasteiger partial charge >= 0.3 is 29.8 Å². The average Bonchev–Trinajstić information content (AvgIpc) is 2.88. The van der Waals surface area contributed by atoms with E-state index in [1.165, 1.54) is 6.92 Å². The Morgan fingerprint density at radius 3 is 1.93 bits per heavy atom. The summed E-state index contributed by atoms with van der Waals surface area (Å²) >= 11 is 0. The zero-order valence-corrected chi connectivity index (χ0v) is 24.2. The van der Waals surface area contributed by atoms with Crippen molar-refractivity contribution in [2.45, 2.75) is 78.2 Å². The molecule has 1 heterocycles. The van der Waals surface area contributed by atoms with Crippen molar-refractivity contribution in [3.63, 3.8) is 0 Å². The largest absolute Gasteiger partial charge is 0.463 e. The third kappa shape index (κ3) is 8.14. The van der Waals surface area contributed by atoms with Crippen LogP contribution in [0.4, 0.5) is 0 Å². The first-order valence-electron chi connectivity index (χ1n) is 13.1. The third-order valence-electron chi connectivity index (χ3n) is 6.40. The molecule has 0 aliphatic carbocycles. The van der Waals surface area contributed by atoms with E-state index in [0.29, 0.717) is 12.2 Å². The van der Waals surface area contributed by atoms with Crippen LogP contribution in [0.25, 0.3) is 0 Å². The first-order valence-corrected chi connectivity index (χ1v) is 13.1. The Kier molecular flexibility index (Phi) is 10.4. The van der Waals surface area contributed by atoms with Gasteiger partial charge in [-0.1, -0.05) is 24.3 Å². The first kappa shape index (κ1) is 32.2. The number of carbonyl (C=O) groups is 5. The second kappa shape index (κ2) is 13.6. The van der Waals surface area contributed by atoms with Gasteiger partial charge in [0.1, 0.15) is 18.5 Å². The lowest BCUT2D eigenvalue weighted by Gasteiger charge is -2.48. The Labute approximate surface area is 242 Å². The molecular formula is C30H34O12. The van der Waals surface area contributed by atoms with E-state index in [1.54, 1.807) is 42.5 Å². The summed E-state index contributed by atoms with van der Waals surface area (Å²) in [4.78, 5) is 59.2. The Bertz CT molecular complexity index is 1330. The van der Waals surface area contributed by atoms with Gasteiger partial charge in [-0.15, -0.1) is 0 Å². The first-order chi connectivity index (χ1) is 19.7. The fourth-order valence-electron chi connectivity index (χ4n) is 4.66. The van der Waals surface area contributed by atoms with Gasteiger partial charge in [-0.2, -0.15) is 0 Å². The predicted molar refractivity (Wildman–Crippen MR) is 144 cm³/mol. The number of rotatable bonds is 9. The van der Waals surface area contributed by atoms with E-state index in [4.69, 9.17) is 28.4 Å². The lowest BCUT2D eigenvalue weighted by molar-refractivity contribution is -0.360. The minimum Gasteiger partial charge on any atom is -0.463 e. The highest BCUT2D eigenvalue weighted by Gasteiger charge is 2.60. The molecular weight excluding hydrogens is 552 g/mol. The van der Waals surface area contributed by atoms with Gasteiger partial charge in [0.05, 0.1) is 0 Å². The van der Waals surface area contributed by atoms with E-state index >= 15 is 0 Å². The summed E-state index contributed by atoms with van der Waals surface area (Å²) in [6.45, 7) is 7.16. The molecule has 12 heteroatoms. The molecule has 0 aromatic heterocycles. The number of carbonyl (C=O) groups excluding carboxylic acids is 5. The van der Waals surface area contributed by atoms with E-state index in [1.807, 2.05) is 6.92 Å². The molecule has 2 aromatic rings. The minimum atomic E-state index is -2.44. The van der Waals surface area contributed by atoms with Crippen molar-refractivity contribution in [2.75, 3.05) is 6.61 Å². The molecule has 1 saturated heterocycles. The summed E-state index contributed by atoms with van der Waals surface area (Å²) < 4.78 is 32.5. The van der Waals surface area contributed by atoms with Crippen LogP contribution < -0.4 is 4.74 Å². The molecule has 0 bridgehead atoms. The Morgan fingerprint density at radius 2 is 1.38 bits per heavy atom. The monoisotopic (exact) mass is 586 g/mol. The number of ether oxygens (including phenoxy) is 6. The minimum absolute atomic E-state index is 0.136. The lowest BCUT2D eigenvalue weighted by Crippen LogP contribution is -2.66. The van der Waals surface area contributed by atoms with Gasteiger partial charge in [0.25, 0.3) is 0 Å². The van der Waals surface area contributed by atoms with Crippen LogP contribution in [0, 0.1) is 6.92 Å². The van der Waals surface area contributed by atoms with Crippen LogP contribution in [0.5, 0.6) is 5.75 Å². The normalized spacial score (nSPS) is 23.3. The molecule has 0 saturated carbocycles. The molecule has 0 amide bonds. The maximum atomic E-state index is 12.2. The summed E-state index contributed by atoms with van der Waals surface area (Å²) in [6, 6.07) is 11.8. The standard InChI is InChI=1S/C30H34O12/c1-16-7-10-24(14-23(16)13-22-8-11-25(12-9-22)38-18(3)32)30(36)29(41-21(6)35)28(40-20(5)34)27(39-19(4)33)26(42-30)15-37-17(2)31/h7-12,14,26-29,36H,13,15H2,1-6H3/t26-,27-,28+,29-,30+/m1/s1. The Hall–Kier alpha value is -4.29. The number of hydrogen-bond acceptors (Lipinski definition) is 12. The molecule has 2 aromatic carbocycles. The van der Waals surface area contributed by atoms with Crippen molar-refractivity contribution in [3.05, 3.63) is 64.7 Å². The summed E-state index contributed by atoms with van der Waals surface area (Å²) in [5.74, 6) is -5.58. The summed E-state index contributed by atoms with van der Waals surface area (Å²) in [7, 11) is 0. The fourth-order valence-corrected chi connectivity index (χ4v) is 4.66. The van der Waals surface area contributed by atoms with Crippen LogP contribution in [-0.4, -0.2) is 66.0 Å². The average molecular weight is 587 g/mol. The molecule has 3 rings (SSSR count). The Balaban J connectivity index is 2.09. The lowest BCUT2D eigenvalue weighted by atomic mass is 9.85. The second-order valence-corrected chi connectivity index (χ2v) is 9.89. The topological polar surface area (TPSA) is 161 Å². The van der Waals surface area contributed by atoms with Crippen molar-refractivity contribution < 1.29 is 57.5 Å². The molecule has 1 fully saturated rings. The number of hydrogen-bond donors (Lipinski definition) is 1. The van der Waals surface area contributed by atoms with Gasteiger partial charge in [-0.05, 0) is 48.2 Å². The number of esters is 5. The maximum absolute atomic E-state index is 12.2. The Morgan fingerprint density at radius 1 is 0.786 bits per heavy atom. The van der Waals surface area contributed by atoms with Crippen LogP contribution in [0.15, 0.2) is 42.5 Å². The molecule has 0 spiro atoms. The van der Waals surface area contributed by atoms with E-state index < -0.39 is 66.7 Å². The third-order valence-corrected chi connectivity index (χ3v) is 6.40. The number of aliphatic hydroxyl groups is 1. The van der Waals surface area contributed by atoms with Crippen molar-refractivity contribution in [2.24, 2.45) is 0 Å². The van der Waals surface area contributed by atoms with Gasteiger partial charge in [-0.25, -0.2) is 0 Å². The van der Waals surface area contributed by atoms with Gasteiger partial charge in [0, 0.05) is 40.2 Å². The zero-order valence-electron chi connectivity index (χ0n) is 24.2. The van der Waals surface area contributed by atoms with Gasteiger partial charge < -0.3 is 33.5 Å². The van der Waals surface area contributed by atoms with Crippen molar-refractivity contribution >= 4 is 29.8 Å². The van der Waals surface area contributed by atoms with Gasteiger partial charge in [-0.3, -0.25) is 24.0 Å². The summed E-state index contributed by atoms with van der Waals surface area (Å²) in [5, 5.41) is 12.1. The van der Waals surface area contributed by atoms with Crippen LogP contribution in [0.1, 0.15) is 56.9 Å². The predicted octanol–water partition coefficient (Wildman–Crippen LogP) is 2.41. The van der Waals surface area contributed by atoms with E-state index in [2.05, 4.69) is 0 Å². The van der Waals surface area contributed by atoms with Crippen molar-refractivity contribution in [3.8, 4) is 5.75 Å². The van der Waals surface area contributed by atoms with Crippen LogP contribution in [0.3, 0.4) is 0 Å². The number of aryl methyl sites for hydroxylation is 1. The highest BCUT2D eigenvalue weighted by atomic mass is 16.7. The summed E-state index contributed by atoms with van der Waals surface area (Å²) in [5.41, 5.74) is 2.61. The fraction of sp³-hybridized carbons (Fsp3) is 0.433. The SMILES string of the molecule is CC(=O)OC[C@H]1O[C@@](O)(c2ccc(C)c(Cc3ccc(OC(C)=O)cc3)c2)[C@H](OC(C)=O)[C@@H](OC(C)=O)[C@@H]1OC(C)=O. The molecule has 12 nitrogen and oxygen atoms in total. The van der Waals surface area contributed by atoms with Gasteiger partial charge in [0.15, 0.2) is 12.2 Å². The molecule has 0 radical (unpaired) electrons. The molecule has 226 valence electrons. The molecule has 0 unspecified atom stereocenters. The summed E-state index contributed by atoms with van der Waals surface area (Å²) in [6.07, 6.45) is -5.55.